The molecule has 0 unspecified atom stereocenters. The molecule has 1 aromatic rings. The van der Waals surface area contributed by atoms with Gasteiger partial charge < -0.3 is 12.7 Å². The molecule has 0 saturated heterocycles. The smallest absolute Gasteiger partial charge is 0.385 e. The molecule has 0 atom stereocenters. The Morgan fingerprint density at radius 3 is 1.69 bits per heavy atom. The van der Waals surface area contributed by atoms with Crippen molar-refractivity contribution in [3.05, 3.63) is 43.3 Å². The summed E-state index contributed by atoms with van der Waals surface area (Å²) in [6.45, 7) is 5.00. The fraction of sp³-hybridized carbons (Fsp3) is 0.111. The number of hydrogen-bond acceptors (Lipinski definition) is 1. The zero-order valence-electron chi connectivity index (χ0n) is 7.73. The summed E-state index contributed by atoms with van der Waals surface area (Å²) < 4.78 is 0.194. The van der Waals surface area contributed by atoms with E-state index in [-0.39, 0.29) is 23.8 Å². The molecule has 1 nitrogen and oxygen atoms in total. The van der Waals surface area contributed by atoms with Gasteiger partial charge in [-0.2, -0.15) is 43.3 Å². The van der Waals surface area contributed by atoms with Gasteiger partial charge in [0.1, 0.15) is 4.32 Å². The summed E-state index contributed by atoms with van der Waals surface area (Å²) >= 11 is 7.65. The second-order valence-corrected chi connectivity index (χ2v) is 2.64. The van der Waals surface area contributed by atoms with E-state index in [0.29, 0.717) is 0 Å². The van der Waals surface area contributed by atoms with E-state index in [0.717, 1.165) is 0 Å². The number of thiocarbonyl (C=S) groups is 1. The fourth-order valence-corrected chi connectivity index (χ4v) is 0.342. The first-order valence-electron chi connectivity index (χ1n) is 3.33. The molecule has 1 rings (SSSR count). The third-order valence-corrected chi connectivity index (χ3v) is 0.607. The Kier molecular flexibility index (Phi) is 26.0. The van der Waals surface area contributed by atoms with Crippen molar-refractivity contribution in [3.63, 3.8) is 0 Å². The first-order chi connectivity index (χ1) is 5.73. The Balaban J connectivity index is -0.000000128. The summed E-state index contributed by atoms with van der Waals surface area (Å²) in [5.74, 6) is 0. The van der Waals surface area contributed by atoms with Crippen LogP contribution < -0.4 is 5.73 Å². The van der Waals surface area contributed by atoms with Crippen LogP contribution in [0.2, 0.25) is 0 Å². The molecule has 68 valence electrons. The van der Waals surface area contributed by atoms with E-state index in [4.69, 9.17) is 5.73 Å². The van der Waals surface area contributed by atoms with Gasteiger partial charge in [0.05, 0.1) is 0 Å². The summed E-state index contributed by atoms with van der Waals surface area (Å²) in [6, 6.07) is 12.5. The van der Waals surface area contributed by atoms with Crippen LogP contribution in [-0.4, -0.2) is 4.32 Å². The maximum Gasteiger partial charge on any atom is 2.00 e. The Morgan fingerprint density at radius 1 is 1.31 bits per heavy atom. The van der Waals surface area contributed by atoms with Gasteiger partial charge in [-0.15, -0.1) is 12.6 Å². The summed E-state index contributed by atoms with van der Waals surface area (Å²) in [4.78, 5) is 0. The molecule has 0 aliphatic carbocycles. The molecule has 1 aromatic carbocycles. The molecule has 0 bridgehead atoms. The van der Waals surface area contributed by atoms with Gasteiger partial charge in [0.2, 0.25) is 0 Å². The van der Waals surface area contributed by atoms with Crippen LogP contribution in [0.5, 0.6) is 0 Å². The van der Waals surface area contributed by atoms with Gasteiger partial charge in [0.15, 0.2) is 0 Å². The molecule has 0 spiro atoms. The molecule has 0 heterocycles. The number of thiol groups is 1. The van der Waals surface area contributed by atoms with Crippen LogP contribution in [0.1, 0.15) is 6.92 Å². The van der Waals surface area contributed by atoms with E-state index in [2.05, 4.69) is 37.8 Å². The van der Waals surface area contributed by atoms with Gasteiger partial charge in [-0.1, -0.05) is 12.2 Å². The average molecular weight is 265 g/mol. The third-order valence-electron chi connectivity index (χ3n) is 0.607. The summed E-state index contributed by atoms with van der Waals surface area (Å²) in [5, 5.41) is 0. The van der Waals surface area contributed by atoms with Crippen molar-refractivity contribution < 1.29 is 19.5 Å². The Bertz CT molecular complexity index is 150. The number of benzene rings is 1. The first-order valence-corrected chi connectivity index (χ1v) is 4.19. The van der Waals surface area contributed by atoms with E-state index in [1.54, 1.807) is 6.92 Å². The van der Waals surface area contributed by atoms with Crippen LogP contribution in [0.4, 0.5) is 0 Å². The summed E-state index contributed by atoms with van der Waals surface area (Å²) in [6.07, 6.45) is 0. The van der Waals surface area contributed by atoms with E-state index >= 15 is 0 Å². The van der Waals surface area contributed by atoms with Crippen molar-refractivity contribution in [3.8, 4) is 0 Å². The molecule has 13 heavy (non-hydrogen) atoms. The van der Waals surface area contributed by atoms with Crippen LogP contribution in [0.25, 0.3) is 0 Å². The number of nitrogens with two attached hydrogens (primary N) is 1. The van der Waals surface area contributed by atoms with E-state index in [1.165, 1.54) is 0 Å². The topological polar surface area (TPSA) is 26.0 Å². The van der Waals surface area contributed by atoms with Crippen LogP contribution >= 0.6 is 24.8 Å². The van der Waals surface area contributed by atoms with Crippen LogP contribution in [0.3, 0.4) is 0 Å². The second kappa shape index (κ2) is 18.0. The van der Waals surface area contributed by atoms with Crippen molar-refractivity contribution in [1.29, 1.82) is 0 Å². The van der Waals surface area contributed by atoms with Gasteiger partial charge >= 0.3 is 19.5 Å². The van der Waals surface area contributed by atoms with Crippen LogP contribution in [-0.2, 0) is 19.5 Å². The Morgan fingerprint density at radius 2 is 1.62 bits per heavy atom. The standard InChI is InChI=1S/C6H5.C2H5.CH3NS2.Zn/c1-2-4-6-5-3-1;1-2;2-1(3)4;/h1-5H;1H2,2H3;(H3,2,3,4);/q2*-1;;+2. The maximum absolute atomic E-state index is 4.71. The van der Waals surface area contributed by atoms with Crippen molar-refractivity contribution >= 4 is 29.2 Å². The zero-order chi connectivity index (χ0) is 9.82. The Labute approximate surface area is 104 Å². The molecular formula is C9H13NS2Zn. The molecule has 0 aliphatic heterocycles. The minimum atomic E-state index is 0. The van der Waals surface area contributed by atoms with Gasteiger partial charge in [-0.25, -0.2) is 0 Å². The first kappa shape index (κ1) is 18.8. The molecule has 0 fully saturated rings. The van der Waals surface area contributed by atoms with Gasteiger partial charge in [0, 0.05) is 0 Å². The normalized spacial score (nSPS) is 6.08. The quantitative estimate of drug-likeness (QED) is 0.326. The summed E-state index contributed by atoms with van der Waals surface area (Å²) in [5.41, 5.74) is 4.71. The van der Waals surface area contributed by atoms with E-state index < -0.39 is 0 Å². The minimum absolute atomic E-state index is 0. The molecule has 0 saturated carbocycles. The number of rotatable bonds is 0. The largest absolute Gasteiger partial charge is 2.00 e. The molecule has 0 aromatic heterocycles. The van der Waals surface area contributed by atoms with Gasteiger partial charge in [0.25, 0.3) is 0 Å². The van der Waals surface area contributed by atoms with Crippen LogP contribution in [0.15, 0.2) is 30.3 Å². The van der Waals surface area contributed by atoms with Crippen molar-refractivity contribution in [2.75, 3.05) is 0 Å². The maximum atomic E-state index is 4.71. The molecule has 2 N–H and O–H groups in total. The average Bonchev–Trinajstić information content (AvgIpc) is 2.10. The third kappa shape index (κ3) is 33.2. The van der Waals surface area contributed by atoms with Gasteiger partial charge in [-0.05, 0) is 0 Å². The SMILES string of the molecule is NC(=S)S.[CH2-]C.[Zn+2].[c-]1ccccc1. The van der Waals surface area contributed by atoms with Crippen molar-refractivity contribution in [1.82, 2.24) is 0 Å². The molecule has 0 radical (unpaired) electrons. The Hall–Kier alpha value is 0.0834. The predicted octanol–water partition coefficient (Wildman–Crippen LogP) is 2.48. The summed E-state index contributed by atoms with van der Waals surface area (Å²) in [7, 11) is 0. The van der Waals surface area contributed by atoms with Crippen molar-refractivity contribution in [2.45, 2.75) is 6.92 Å². The molecular weight excluding hydrogens is 252 g/mol. The van der Waals surface area contributed by atoms with Gasteiger partial charge in [-0.3, -0.25) is 0 Å². The van der Waals surface area contributed by atoms with E-state index in [1.807, 2.05) is 30.3 Å². The van der Waals surface area contributed by atoms with Crippen molar-refractivity contribution in [2.24, 2.45) is 5.73 Å². The van der Waals surface area contributed by atoms with E-state index in [9.17, 15) is 0 Å². The molecule has 4 heteroatoms. The fourth-order valence-electron chi connectivity index (χ4n) is 0.342. The second-order valence-electron chi connectivity index (χ2n) is 1.42. The molecule has 0 amide bonds. The monoisotopic (exact) mass is 263 g/mol. The molecule has 0 aliphatic rings. The zero-order valence-corrected chi connectivity index (χ0v) is 12.4. The predicted molar refractivity (Wildman–Crippen MR) is 62.1 cm³/mol. The van der Waals surface area contributed by atoms with Crippen LogP contribution in [0, 0.1) is 13.0 Å². The minimum Gasteiger partial charge on any atom is -0.385 e. The number of hydrogen-bond donors (Lipinski definition) is 2.